The van der Waals surface area contributed by atoms with Gasteiger partial charge in [-0.1, -0.05) is 29.4 Å². The van der Waals surface area contributed by atoms with Gasteiger partial charge in [-0.3, -0.25) is 4.79 Å². The van der Waals surface area contributed by atoms with Crippen LogP contribution >= 0.6 is 0 Å². The van der Waals surface area contributed by atoms with E-state index in [1.165, 1.54) is 16.7 Å². The van der Waals surface area contributed by atoms with Crippen LogP contribution in [0.2, 0.25) is 0 Å². The Balaban J connectivity index is 1.41. The van der Waals surface area contributed by atoms with Gasteiger partial charge in [0.05, 0.1) is 18.7 Å². The molecule has 0 saturated carbocycles. The first-order valence-corrected chi connectivity index (χ1v) is 10.2. The molecule has 3 aromatic rings. The van der Waals surface area contributed by atoms with Crippen LogP contribution in [0.15, 0.2) is 40.9 Å². The first-order chi connectivity index (χ1) is 14.5. The summed E-state index contributed by atoms with van der Waals surface area (Å²) in [6.07, 6.45) is 1.88. The van der Waals surface area contributed by atoms with Gasteiger partial charge in [0.2, 0.25) is 0 Å². The number of fused-ring (bicyclic) bond motifs is 2. The molecule has 2 heterocycles. The average molecular weight is 405 g/mol. The van der Waals surface area contributed by atoms with Gasteiger partial charge in [-0.25, -0.2) is 0 Å². The molecular weight excluding hydrogens is 382 g/mol. The first kappa shape index (κ1) is 18.7. The van der Waals surface area contributed by atoms with E-state index in [0.29, 0.717) is 6.61 Å². The van der Waals surface area contributed by atoms with Crippen molar-refractivity contribution < 1.29 is 23.9 Å². The van der Waals surface area contributed by atoms with Crippen molar-refractivity contribution in [3.63, 3.8) is 0 Å². The van der Waals surface area contributed by atoms with Crippen LogP contribution in [0.4, 0.5) is 0 Å². The average Bonchev–Trinajstić information content (AvgIpc) is 3.40. The minimum Gasteiger partial charge on any atom is -0.492 e. The maximum Gasteiger partial charge on any atom is 0.304 e. The molecule has 0 radical (unpaired) electrons. The molecule has 30 heavy (non-hydrogen) atoms. The number of nitrogens with zero attached hydrogens (tertiary/aromatic N) is 1. The molecule has 1 aliphatic heterocycles. The number of aryl methyl sites for hydroxylation is 2. The van der Waals surface area contributed by atoms with Crippen molar-refractivity contribution in [3.05, 3.63) is 64.5 Å². The third-order valence-corrected chi connectivity index (χ3v) is 6.08. The molecule has 2 aromatic carbocycles. The van der Waals surface area contributed by atoms with Crippen molar-refractivity contribution in [1.82, 2.24) is 5.16 Å². The van der Waals surface area contributed by atoms with Gasteiger partial charge < -0.3 is 19.1 Å². The van der Waals surface area contributed by atoms with E-state index >= 15 is 0 Å². The van der Waals surface area contributed by atoms with Gasteiger partial charge in [-0.15, -0.1) is 0 Å². The van der Waals surface area contributed by atoms with Crippen molar-refractivity contribution in [2.24, 2.45) is 0 Å². The maximum atomic E-state index is 11.0. The number of hydrogen-bond acceptors (Lipinski definition) is 5. The lowest BCUT2D eigenvalue weighted by molar-refractivity contribution is -0.137. The number of ether oxygens (including phenoxy) is 2. The molecule has 6 nitrogen and oxygen atoms in total. The van der Waals surface area contributed by atoms with Gasteiger partial charge in [0.25, 0.3) is 0 Å². The van der Waals surface area contributed by atoms with Gasteiger partial charge in [0.1, 0.15) is 23.4 Å². The molecule has 2 atom stereocenters. The highest BCUT2D eigenvalue weighted by Crippen LogP contribution is 2.43. The topological polar surface area (TPSA) is 81.8 Å². The molecule has 2 aliphatic rings. The van der Waals surface area contributed by atoms with E-state index in [-0.39, 0.29) is 18.4 Å². The third kappa shape index (κ3) is 3.12. The fourth-order valence-corrected chi connectivity index (χ4v) is 4.71. The fraction of sp³-hybridized carbons (Fsp3) is 0.333. The molecule has 1 aromatic heterocycles. The minimum atomic E-state index is -0.812. The zero-order valence-corrected chi connectivity index (χ0v) is 17.0. The van der Waals surface area contributed by atoms with Crippen LogP contribution < -0.4 is 9.47 Å². The van der Waals surface area contributed by atoms with E-state index in [1.807, 2.05) is 32.0 Å². The normalized spacial score (nSPS) is 19.3. The van der Waals surface area contributed by atoms with Crippen LogP contribution in [0.3, 0.4) is 0 Å². The van der Waals surface area contributed by atoms with Crippen LogP contribution in [-0.2, 0) is 11.2 Å². The summed E-state index contributed by atoms with van der Waals surface area (Å²) in [5.41, 5.74) is 6.56. The lowest BCUT2D eigenvalue weighted by Gasteiger charge is -2.16. The predicted octanol–water partition coefficient (Wildman–Crippen LogP) is 4.98. The molecular formula is C24H23NO5. The van der Waals surface area contributed by atoms with Crippen LogP contribution in [0.1, 0.15) is 53.0 Å². The third-order valence-electron chi connectivity index (χ3n) is 6.08. The van der Waals surface area contributed by atoms with Crippen molar-refractivity contribution in [2.45, 2.75) is 45.1 Å². The van der Waals surface area contributed by atoms with E-state index in [0.717, 1.165) is 46.9 Å². The van der Waals surface area contributed by atoms with E-state index in [1.54, 1.807) is 0 Å². The lowest BCUT2D eigenvalue weighted by Crippen LogP contribution is -2.07. The molecule has 154 valence electrons. The van der Waals surface area contributed by atoms with Crippen LogP contribution in [0.5, 0.6) is 11.5 Å². The first-order valence-electron chi connectivity index (χ1n) is 10.2. The Kier molecular flexibility index (Phi) is 4.50. The summed E-state index contributed by atoms with van der Waals surface area (Å²) in [6.45, 7) is 4.31. The number of benzene rings is 2. The highest BCUT2D eigenvalue weighted by atomic mass is 16.5. The highest BCUT2D eigenvalue weighted by molar-refractivity contribution is 5.73. The number of aromatic nitrogens is 1. The molecule has 0 bridgehead atoms. The van der Waals surface area contributed by atoms with Crippen molar-refractivity contribution in [1.29, 1.82) is 0 Å². The van der Waals surface area contributed by atoms with E-state index in [2.05, 4.69) is 23.4 Å². The zero-order chi connectivity index (χ0) is 20.8. The predicted molar refractivity (Wildman–Crippen MR) is 110 cm³/mol. The number of hydrogen-bond donors (Lipinski definition) is 1. The van der Waals surface area contributed by atoms with Crippen molar-refractivity contribution in [2.75, 3.05) is 6.61 Å². The largest absolute Gasteiger partial charge is 0.492 e. The number of carboxylic acid groups (broad SMARTS) is 1. The highest BCUT2D eigenvalue weighted by Gasteiger charge is 2.30. The zero-order valence-electron chi connectivity index (χ0n) is 17.0. The van der Waals surface area contributed by atoms with Crippen molar-refractivity contribution in [3.8, 4) is 22.6 Å². The van der Waals surface area contributed by atoms with Gasteiger partial charge in [0, 0.05) is 23.1 Å². The molecule has 0 spiro atoms. The van der Waals surface area contributed by atoms with E-state index < -0.39 is 5.97 Å². The Labute approximate surface area is 174 Å². The second-order valence-electron chi connectivity index (χ2n) is 8.02. The molecule has 5 rings (SSSR count). The summed E-state index contributed by atoms with van der Waals surface area (Å²) >= 11 is 0. The number of carbonyl (C=O) groups is 1. The van der Waals surface area contributed by atoms with Crippen molar-refractivity contribution >= 4 is 5.97 Å². The van der Waals surface area contributed by atoms with Crippen LogP contribution in [0, 0.1) is 13.8 Å². The molecule has 0 amide bonds. The Bertz CT molecular complexity index is 1110. The Hall–Kier alpha value is -3.28. The maximum absolute atomic E-state index is 11.0. The van der Waals surface area contributed by atoms with Gasteiger partial charge in [-0.05, 0) is 49.4 Å². The Morgan fingerprint density at radius 1 is 1.23 bits per heavy atom. The molecule has 1 aliphatic carbocycles. The molecule has 1 unspecified atom stereocenters. The Morgan fingerprint density at radius 3 is 2.87 bits per heavy atom. The summed E-state index contributed by atoms with van der Waals surface area (Å²) in [5.74, 6) is 1.38. The number of carboxylic acids is 1. The van der Waals surface area contributed by atoms with Gasteiger partial charge in [0.15, 0.2) is 0 Å². The smallest absolute Gasteiger partial charge is 0.304 e. The van der Waals surface area contributed by atoms with E-state index in [4.69, 9.17) is 19.1 Å². The quantitative estimate of drug-likeness (QED) is 0.645. The second-order valence-corrected chi connectivity index (χ2v) is 8.02. The molecule has 0 saturated heterocycles. The molecule has 6 heteroatoms. The summed E-state index contributed by atoms with van der Waals surface area (Å²) in [7, 11) is 0. The van der Waals surface area contributed by atoms with Gasteiger partial charge >= 0.3 is 5.97 Å². The molecule has 1 N–H and O–H groups in total. The minimum absolute atomic E-state index is 0.0327. The SMILES string of the molecule is Cc1noc(C)c1-c1cccc2c1CC[C@H]2Oc1ccc2c(c1)OCC2CC(=O)O. The standard InChI is InChI=1S/C24H23NO5/c1-13-24(14(2)30-25-13)20-5-3-4-19-18(20)8-9-21(19)29-16-6-7-17-15(10-23(26)27)12-28-22(17)11-16/h3-7,11,15,21H,8-10,12H2,1-2H3,(H,26,27)/t15?,21-/m1/s1. The summed E-state index contributed by atoms with van der Waals surface area (Å²) in [4.78, 5) is 11.0. The summed E-state index contributed by atoms with van der Waals surface area (Å²) in [6, 6.07) is 12.0. The Morgan fingerprint density at radius 2 is 2.10 bits per heavy atom. The van der Waals surface area contributed by atoms with Crippen LogP contribution in [-0.4, -0.2) is 22.8 Å². The van der Waals surface area contributed by atoms with Gasteiger partial charge in [-0.2, -0.15) is 0 Å². The number of aliphatic carboxylic acids is 1. The van der Waals surface area contributed by atoms with E-state index in [9.17, 15) is 4.79 Å². The lowest BCUT2D eigenvalue weighted by atomic mass is 9.95. The summed E-state index contributed by atoms with van der Waals surface area (Å²) in [5, 5.41) is 13.2. The second kappa shape index (κ2) is 7.20. The summed E-state index contributed by atoms with van der Waals surface area (Å²) < 4.78 is 17.4. The fourth-order valence-electron chi connectivity index (χ4n) is 4.71. The van der Waals surface area contributed by atoms with Crippen LogP contribution in [0.25, 0.3) is 11.1 Å². The monoisotopic (exact) mass is 405 g/mol. The molecule has 0 fully saturated rings. The number of rotatable bonds is 5.